The van der Waals surface area contributed by atoms with E-state index in [4.69, 9.17) is 4.74 Å². The van der Waals surface area contributed by atoms with Crippen LogP contribution in [0.2, 0.25) is 0 Å². The summed E-state index contributed by atoms with van der Waals surface area (Å²) in [5.41, 5.74) is 3.70. The first-order valence-corrected chi connectivity index (χ1v) is 8.42. The second-order valence-corrected chi connectivity index (χ2v) is 5.93. The van der Waals surface area contributed by atoms with E-state index in [1.54, 1.807) is 6.20 Å². The van der Waals surface area contributed by atoms with Gasteiger partial charge < -0.3 is 15.4 Å². The summed E-state index contributed by atoms with van der Waals surface area (Å²) in [6, 6.07) is 20.8. The lowest BCUT2D eigenvalue weighted by molar-refractivity contribution is 0.251. The van der Waals surface area contributed by atoms with Crippen LogP contribution in [0.5, 0.6) is 5.75 Å². The van der Waals surface area contributed by atoms with Crippen molar-refractivity contribution in [3.63, 3.8) is 0 Å². The lowest BCUT2D eigenvalue weighted by Gasteiger charge is -2.10. The smallest absolute Gasteiger partial charge is 0.319 e. The number of benzene rings is 2. The summed E-state index contributed by atoms with van der Waals surface area (Å²) in [6.45, 7) is 2.81. The molecular formula is C21H21N3O2. The number of ether oxygens (including phenoxy) is 1. The molecule has 3 aromatic rings. The number of aryl methyl sites for hydroxylation is 1. The van der Waals surface area contributed by atoms with Gasteiger partial charge in [-0.3, -0.25) is 4.98 Å². The molecule has 5 nitrogen and oxygen atoms in total. The van der Waals surface area contributed by atoms with Gasteiger partial charge in [-0.1, -0.05) is 30.3 Å². The Hall–Kier alpha value is -3.34. The van der Waals surface area contributed by atoms with Gasteiger partial charge in [0, 0.05) is 18.4 Å². The van der Waals surface area contributed by atoms with Crippen molar-refractivity contribution in [3.8, 4) is 5.75 Å². The van der Waals surface area contributed by atoms with Gasteiger partial charge in [-0.05, 0) is 54.4 Å². The monoisotopic (exact) mass is 347 g/mol. The molecule has 0 aliphatic rings. The summed E-state index contributed by atoms with van der Waals surface area (Å²) >= 11 is 0. The van der Waals surface area contributed by atoms with Crippen molar-refractivity contribution in [1.82, 2.24) is 10.3 Å². The van der Waals surface area contributed by atoms with Crippen molar-refractivity contribution in [3.05, 3.63) is 89.7 Å². The number of urea groups is 1. The molecule has 0 aliphatic carbocycles. The Morgan fingerprint density at radius 2 is 1.92 bits per heavy atom. The lowest BCUT2D eigenvalue weighted by Crippen LogP contribution is -2.28. The highest BCUT2D eigenvalue weighted by molar-refractivity contribution is 5.89. The fourth-order valence-corrected chi connectivity index (χ4v) is 2.47. The number of carbonyl (C=O) groups excluding carboxylic acids is 1. The predicted molar refractivity (Wildman–Crippen MR) is 102 cm³/mol. The van der Waals surface area contributed by atoms with E-state index in [1.165, 1.54) is 0 Å². The van der Waals surface area contributed by atoms with Crippen LogP contribution in [0.3, 0.4) is 0 Å². The average molecular weight is 347 g/mol. The van der Waals surface area contributed by atoms with Gasteiger partial charge in [-0.25, -0.2) is 4.79 Å². The highest BCUT2D eigenvalue weighted by Crippen LogP contribution is 2.15. The molecule has 0 saturated carbocycles. The molecule has 1 aromatic heterocycles. The van der Waals surface area contributed by atoms with Crippen molar-refractivity contribution >= 4 is 11.7 Å². The van der Waals surface area contributed by atoms with Crippen LogP contribution in [0.15, 0.2) is 72.9 Å². The van der Waals surface area contributed by atoms with E-state index in [9.17, 15) is 4.79 Å². The molecule has 5 heteroatoms. The minimum atomic E-state index is -0.240. The second-order valence-electron chi connectivity index (χ2n) is 5.93. The van der Waals surface area contributed by atoms with Gasteiger partial charge in [-0.15, -0.1) is 0 Å². The van der Waals surface area contributed by atoms with Crippen LogP contribution in [-0.2, 0) is 13.2 Å². The molecule has 0 fully saturated rings. The van der Waals surface area contributed by atoms with Gasteiger partial charge in [-0.2, -0.15) is 0 Å². The number of carbonyl (C=O) groups is 1. The number of rotatable bonds is 6. The van der Waals surface area contributed by atoms with Gasteiger partial charge in [0.05, 0.1) is 5.69 Å². The summed E-state index contributed by atoms with van der Waals surface area (Å²) in [5, 5.41) is 5.67. The third-order valence-corrected chi connectivity index (χ3v) is 3.74. The van der Waals surface area contributed by atoms with Crippen LogP contribution in [0.1, 0.15) is 16.8 Å². The van der Waals surface area contributed by atoms with Crippen molar-refractivity contribution in [2.75, 3.05) is 5.32 Å². The van der Waals surface area contributed by atoms with Crippen LogP contribution >= 0.6 is 0 Å². The van der Waals surface area contributed by atoms with Gasteiger partial charge >= 0.3 is 6.03 Å². The standard InChI is InChI=1S/C21H21N3O2/c1-16-6-4-9-18(12-16)24-21(25)23-14-17-7-5-10-20(13-17)26-15-19-8-2-3-11-22-19/h2-13H,14-15H2,1H3,(H2,23,24,25). The number of amides is 2. The quantitative estimate of drug-likeness (QED) is 0.699. The van der Waals surface area contributed by atoms with Crippen LogP contribution in [-0.4, -0.2) is 11.0 Å². The molecule has 1 heterocycles. The fourth-order valence-electron chi connectivity index (χ4n) is 2.47. The molecule has 2 N–H and O–H groups in total. The third kappa shape index (κ3) is 5.34. The predicted octanol–water partition coefficient (Wildman–Crippen LogP) is 4.29. The van der Waals surface area contributed by atoms with E-state index in [-0.39, 0.29) is 6.03 Å². The molecule has 0 saturated heterocycles. The average Bonchev–Trinajstić information content (AvgIpc) is 2.66. The highest BCUT2D eigenvalue weighted by atomic mass is 16.5. The van der Waals surface area contributed by atoms with Crippen LogP contribution in [0.25, 0.3) is 0 Å². The topological polar surface area (TPSA) is 63.2 Å². The van der Waals surface area contributed by atoms with Crippen LogP contribution in [0.4, 0.5) is 10.5 Å². The second kappa shape index (κ2) is 8.67. The van der Waals surface area contributed by atoms with Crippen LogP contribution < -0.4 is 15.4 Å². The van der Waals surface area contributed by atoms with E-state index in [0.29, 0.717) is 13.2 Å². The molecule has 3 rings (SSSR count). The number of aromatic nitrogens is 1. The summed E-state index contributed by atoms with van der Waals surface area (Å²) in [7, 11) is 0. The van der Waals surface area contributed by atoms with Gasteiger partial charge in [0.15, 0.2) is 0 Å². The van der Waals surface area contributed by atoms with Crippen molar-refractivity contribution in [2.45, 2.75) is 20.1 Å². The van der Waals surface area contributed by atoms with Crippen molar-refractivity contribution in [1.29, 1.82) is 0 Å². The summed E-state index contributed by atoms with van der Waals surface area (Å²) in [6.07, 6.45) is 1.74. The first kappa shape index (κ1) is 17.5. The van der Waals surface area contributed by atoms with E-state index < -0.39 is 0 Å². The van der Waals surface area contributed by atoms with Gasteiger partial charge in [0.2, 0.25) is 0 Å². The molecular weight excluding hydrogens is 326 g/mol. The molecule has 0 unspecified atom stereocenters. The zero-order valence-corrected chi connectivity index (χ0v) is 14.6. The molecule has 0 bridgehead atoms. The Morgan fingerprint density at radius 3 is 2.73 bits per heavy atom. The zero-order valence-electron chi connectivity index (χ0n) is 14.6. The number of anilines is 1. The molecule has 0 aliphatic heterocycles. The number of nitrogens with zero attached hydrogens (tertiary/aromatic N) is 1. The fraction of sp³-hybridized carbons (Fsp3) is 0.143. The number of pyridine rings is 1. The Labute approximate surface area is 153 Å². The van der Waals surface area contributed by atoms with E-state index in [2.05, 4.69) is 15.6 Å². The lowest BCUT2D eigenvalue weighted by atomic mass is 10.2. The first-order chi connectivity index (χ1) is 12.7. The minimum Gasteiger partial charge on any atom is -0.487 e. The number of nitrogens with one attached hydrogen (secondary N) is 2. The SMILES string of the molecule is Cc1cccc(NC(=O)NCc2cccc(OCc3ccccn3)c2)c1. The summed E-state index contributed by atoms with van der Waals surface area (Å²) in [5.74, 6) is 0.744. The summed E-state index contributed by atoms with van der Waals surface area (Å²) < 4.78 is 5.76. The Morgan fingerprint density at radius 1 is 1.04 bits per heavy atom. The molecule has 26 heavy (non-hydrogen) atoms. The molecule has 0 radical (unpaired) electrons. The Bertz CT molecular complexity index is 866. The number of hydrogen-bond donors (Lipinski definition) is 2. The highest BCUT2D eigenvalue weighted by Gasteiger charge is 2.03. The van der Waals surface area contributed by atoms with E-state index >= 15 is 0 Å². The largest absolute Gasteiger partial charge is 0.487 e. The molecule has 0 spiro atoms. The van der Waals surface area contributed by atoms with Gasteiger partial charge in [0.1, 0.15) is 12.4 Å². The molecule has 2 aromatic carbocycles. The van der Waals surface area contributed by atoms with E-state index in [1.807, 2.05) is 73.7 Å². The van der Waals surface area contributed by atoms with E-state index in [0.717, 1.165) is 28.3 Å². The maximum atomic E-state index is 12.0. The Balaban J connectivity index is 1.51. The molecule has 0 atom stereocenters. The minimum absolute atomic E-state index is 0.240. The normalized spacial score (nSPS) is 10.2. The maximum absolute atomic E-state index is 12.0. The van der Waals surface area contributed by atoms with Crippen LogP contribution in [0, 0.1) is 6.92 Å². The number of hydrogen-bond acceptors (Lipinski definition) is 3. The summed E-state index contributed by atoms with van der Waals surface area (Å²) in [4.78, 5) is 16.3. The van der Waals surface area contributed by atoms with Crippen molar-refractivity contribution < 1.29 is 9.53 Å². The molecule has 2 amide bonds. The third-order valence-electron chi connectivity index (χ3n) is 3.74. The maximum Gasteiger partial charge on any atom is 0.319 e. The Kier molecular flexibility index (Phi) is 5.83. The zero-order chi connectivity index (χ0) is 18.2. The van der Waals surface area contributed by atoms with Crippen molar-refractivity contribution in [2.24, 2.45) is 0 Å². The van der Waals surface area contributed by atoms with Gasteiger partial charge in [0.25, 0.3) is 0 Å². The molecule has 132 valence electrons. The first-order valence-electron chi connectivity index (χ1n) is 8.42.